The monoisotopic (exact) mass is 417 g/mol. The molecule has 1 aliphatic rings. The van der Waals surface area contributed by atoms with Gasteiger partial charge in [-0.2, -0.15) is 0 Å². The highest BCUT2D eigenvalue weighted by molar-refractivity contribution is 7.99. The molecule has 4 rings (SSSR count). The highest BCUT2D eigenvalue weighted by Crippen LogP contribution is 2.32. The number of ether oxygens (including phenoxy) is 3. The van der Waals surface area contributed by atoms with Crippen LogP contribution in [0.1, 0.15) is 10.4 Å². The molecule has 1 aliphatic heterocycles. The zero-order valence-electron chi connectivity index (χ0n) is 14.9. The van der Waals surface area contributed by atoms with Crippen molar-refractivity contribution in [3.05, 3.63) is 47.0 Å². The lowest BCUT2D eigenvalue weighted by atomic mass is 10.1. The number of methoxy groups -OCH3 is 1. The molecule has 0 amide bonds. The predicted molar refractivity (Wildman–Crippen MR) is 106 cm³/mol. The average Bonchev–Trinajstić information content (AvgIpc) is 3.20. The molecule has 3 aromatic rings. The van der Waals surface area contributed by atoms with Crippen LogP contribution in [0.5, 0.6) is 17.2 Å². The van der Waals surface area contributed by atoms with E-state index in [0.29, 0.717) is 57.6 Å². The summed E-state index contributed by atoms with van der Waals surface area (Å²) in [6.45, 7) is 0.993. The Bertz CT molecular complexity index is 1020. The lowest BCUT2D eigenvalue weighted by Crippen LogP contribution is -2.16. The maximum Gasteiger partial charge on any atom is 0.209 e. The standard InChI is InChI=1S/C19H16ClN3O4S/c1-25-15-5-3-12(20)9-13(15)18-21-19(23-22-18)28-10-14(24)11-2-4-16-17(8-11)27-7-6-26-16/h2-5,8-9H,6-7,10H2,1H3,(H,21,22,23). The first-order chi connectivity index (χ1) is 13.6. The topological polar surface area (TPSA) is 86.3 Å². The third-order valence-electron chi connectivity index (χ3n) is 4.08. The normalized spacial score (nSPS) is 12.6. The fourth-order valence-electron chi connectivity index (χ4n) is 2.73. The van der Waals surface area contributed by atoms with Gasteiger partial charge in [0.15, 0.2) is 23.1 Å². The fourth-order valence-corrected chi connectivity index (χ4v) is 3.59. The van der Waals surface area contributed by atoms with Crippen LogP contribution in [0.4, 0.5) is 0 Å². The van der Waals surface area contributed by atoms with E-state index in [4.69, 9.17) is 25.8 Å². The van der Waals surface area contributed by atoms with Crippen molar-refractivity contribution in [2.24, 2.45) is 0 Å². The number of nitrogens with one attached hydrogen (secondary N) is 1. The molecule has 9 heteroatoms. The predicted octanol–water partition coefficient (Wildman–Crippen LogP) is 3.88. The summed E-state index contributed by atoms with van der Waals surface area (Å²) in [5, 5.41) is 8.05. The Hall–Kier alpha value is -2.71. The molecular formula is C19H16ClN3O4S. The van der Waals surface area contributed by atoms with Crippen molar-refractivity contribution in [3.63, 3.8) is 0 Å². The SMILES string of the molecule is COc1ccc(Cl)cc1-c1nc(SCC(=O)c2ccc3c(c2)OCCO3)n[nH]1. The molecule has 0 unspecified atom stereocenters. The Morgan fingerprint density at radius 2 is 2.04 bits per heavy atom. The number of benzene rings is 2. The molecule has 1 aromatic heterocycles. The maximum absolute atomic E-state index is 12.5. The van der Waals surface area contributed by atoms with Gasteiger partial charge in [-0.25, -0.2) is 4.98 Å². The minimum Gasteiger partial charge on any atom is -0.496 e. The molecule has 0 saturated carbocycles. The first-order valence-electron chi connectivity index (χ1n) is 8.46. The van der Waals surface area contributed by atoms with Gasteiger partial charge in [-0.3, -0.25) is 9.89 Å². The summed E-state index contributed by atoms with van der Waals surface area (Å²) in [7, 11) is 1.57. The third kappa shape index (κ3) is 3.93. The molecule has 28 heavy (non-hydrogen) atoms. The zero-order chi connectivity index (χ0) is 19.5. The Morgan fingerprint density at radius 3 is 2.86 bits per heavy atom. The Balaban J connectivity index is 1.45. The van der Waals surface area contributed by atoms with Crippen molar-refractivity contribution >= 4 is 29.1 Å². The number of thioether (sulfide) groups is 1. The number of halogens is 1. The highest BCUT2D eigenvalue weighted by Gasteiger charge is 2.17. The minimum absolute atomic E-state index is 0.0475. The molecule has 0 bridgehead atoms. The van der Waals surface area contributed by atoms with E-state index in [1.54, 1.807) is 43.5 Å². The van der Waals surface area contributed by atoms with Crippen LogP contribution in [0.2, 0.25) is 5.02 Å². The largest absolute Gasteiger partial charge is 0.496 e. The number of hydrogen-bond donors (Lipinski definition) is 1. The van der Waals surface area contributed by atoms with E-state index in [0.717, 1.165) is 0 Å². The Labute approximate surface area is 170 Å². The number of aromatic amines is 1. The van der Waals surface area contributed by atoms with Gasteiger partial charge in [-0.15, -0.1) is 5.10 Å². The van der Waals surface area contributed by atoms with Crippen molar-refractivity contribution < 1.29 is 19.0 Å². The molecular weight excluding hydrogens is 402 g/mol. The van der Waals surface area contributed by atoms with Crippen LogP contribution in [0.15, 0.2) is 41.6 Å². The second kappa shape index (κ2) is 8.12. The maximum atomic E-state index is 12.5. The Morgan fingerprint density at radius 1 is 1.21 bits per heavy atom. The number of nitrogens with zero attached hydrogens (tertiary/aromatic N) is 2. The van der Waals surface area contributed by atoms with Gasteiger partial charge in [-0.1, -0.05) is 23.4 Å². The molecule has 2 heterocycles. The van der Waals surface area contributed by atoms with Crippen LogP contribution in [0, 0.1) is 0 Å². The average molecular weight is 418 g/mol. The van der Waals surface area contributed by atoms with Crippen LogP contribution in [0.3, 0.4) is 0 Å². The lowest BCUT2D eigenvalue weighted by molar-refractivity contribution is 0.102. The molecule has 0 atom stereocenters. The van der Waals surface area contributed by atoms with Gasteiger partial charge in [0, 0.05) is 10.6 Å². The molecule has 0 fully saturated rings. The molecule has 2 aromatic carbocycles. The second-order valence-electron chi connectivity index (χ2n) is 5.88. The summed E-state index contributed by atoms with van der Waals surface area (Å²) in [4.78, 5) is 16.9. The number of carbonyl (C=O) groups is 1. The van der Waals surface area contributed by atoms with E-state index in [1.807, 2.05) is 0 Å². The fraction of sp³-hybridized carbons (Fsp3) is 0.211. The van der Waals surface area contributed by atoms with Gasteiger partial charge in [0.1, 0.15) is 19.0 Å². The smallest absolute Gasteiger partial charge is 0.209 e. The van der Waals surface area contributed by atoms with Gasteiger partial charge in [0.2, 0.25) is 5.16 Å². The Kier molecular flexibility index (Phi) is 5.40. The minimum atomic E-state index is -0.0475. The van der Waals surface area contributed by atoms with E-state index in [2.05, 4.69) is 15.2 Å². The molecule has 0 aliphatic carbocycles. The van der Waals surface area contributed by atoms with E-state index < -0.39 is 0 Å². The third-order valence-corrected chi connectivity index (χ3v) is 5.16. The van der Waals surface area contributed by atoms with E-state index >= 15 is 0 Å². The van der Waals surface area contributed by atoms with E-state index in [1.165, 1.54) is 11.8 Å². The van der Waals surface area contributed by atoms with Gasteiger partial charge in [0.05, 0.1) is 18.4 Å². The number of H-pyrrole nitrogens is 1. The van der Waals surface area contributed by atoms with Crippen LogP contribution in [0.25, 0.3) is 11.4 Å². The first-order valence-corrected chi connectivity index (χ1v) is 9.82. The van der Waals surface area contributed by atoms with Gasteiger partial charge in [-0.05, 0) is 36.4 Å². The van der Waals surface area contributed by atoms with E-state index in [9.17, 15) is 4.79 Å². The number of carbonyl (C=O) groups excluding carboxylic acids is 1. The summed E-state index contributed by atoms with van der Waals surface area (Å²) in [5.41, 5.74) is 1.26. The van der Waals surface area contributed by atoms with Crippen molar-refractivity contribution in [2.45, 2.75) is 5.16 Å². The van der Waals surface area contributed by atoms with Crippen LogP contribution < -0.4 is 14.2 Å². The van der Waals surface area contributed by atoms with Crippen molar-refractivity contribution in [3.8, 4) is 28.6 Å². The van der Waals surface area contributed by atoms with Crippen LogP contribution in [-0.4, -0.2) is 47.0 Å². The van der Waals surface area contributed by atoms with Crippen molar-refractivity contribution in [1.82, 2.24) is 15.2 Å². The lowest BCUT2D eigenvalue weighted by Gasteiger charge is -2.18. The summed E-state index contributed by atoms with van der Waals surface area (Å²) in [6.07, 6.45) is 0. The highest BCUT2D eigenvalue weighted by atomic mass is 35.5. The molecule has 0 saturated heterocycles. The molecule has 144 valence electrons. The van der Waals surface area contributed by atoms with Crippen molar-refractivity contribution in [1.29, 1.82) is 0 Å². The zero-order valence-corrected chi connectivity index (χ0v) is 16.5. The number of ketones is 1. The number of Topliss-reactive ketones (excluding diaryl/α,β-unsaturated/α-hetero) is 1. The quantitative estimate of drug-likeness (QED) is 0.481. The summed E-state index contributed by atoms with van der Waals surface area (Å²) >= 11 is 7.31. The molecule has 7 nitrogen and oxygen atoms in total. The summed E-state index contributed by atoms with van der Waals surface area (Å²) in [6, 6.07) is 10.4. The van der Waals surface area contributed by atoms with Crippen LogP contribution in [-0.2, 0) is 0 Å². The van der Waals surface area contributed by atoms with Gasteiger partial charge < -0.3 is 14.2 Å². The summed E-state index contributed by atoms with van der Waals surface area (Å²) < 4.78 is 16.3. The number of rotatable bonds is 6. The van der Waals surface area contributed by atoms with Crippen LogP contribution >= 0.6 is 23.4 Å². The molecule has 0 spiro atoms. The number of hydrogen-bond acceptors (Lipinski definition) is 7. The molecule has 1 N–H and O–H groups in total. The second-order valence-corrected chi connectivity index (χ2v) is 7.26. The molecule has 0 radical (unpaired) electrons. The number of fused-ring (bicyclic) bond motifs is 1. The van der Waals surface area contributed by atoms with Gasteiger partial charge in [0.25, 0.3) is 0 Å². The van der Waals surface area contributed by atoms with E-state index in [-0.39, 0.29) is 11.5 Å². The number of aromatic nitrogens is 3. The summed E-state index contributed by atoms with van der Waals surface area (Å²) in [5.74, 6) is 2.55. The van der Waals surface area contributed by atoms with Crippen molar-refractivity contribution in [2.75, 3.05) is 26.1 Å². The first kappa shape index (κ1) is 18.6. The van der Waals surface area contributed by atoms with Gasteiger partial charge >= 0.3 is 0 Å².